The van der Waals surface area contributed by atoms with Crippen molar-refractivity contribution in [2.24, 2.45) is 0 Å². The molecule has 0 aliphatic carbocycles. The molecular formula is C28H35N7O. The van der Waals surface area contributed by atoms with Crippen LogP contribution in [0.5, 0.6) is 0 Å². The Morgan fingerprint density at radius 2 is 2.03 bits per heavy atom. The van der Waals surface area contributed by atoms with Gasteiger partial charge in [0.25, 0.3) is 0 Å². The van der Waals surface area contributed by atoms with E-state index in [4.69, 9.17) is 9.84 Å². The highest BCUT2D eigenvalue weighted by Gasteiger charge is 2.35. The van der Waals surface area contributed by atoms with Gasteiger partial charge in [0.2, 0.25) is 0 Å². The van der Waals surface area contributed by atoms with Crippen molar-refractivity contribution in [1.29, 1.82) is 5.26 Å². The molecule has 6 rings (SSSR count). The summed E-state index contributed by atoms with van der Waals surface area (Å²) < 4.78 is 8.58. The van der Waals surface area contributed by atoms with Crippen molar-refractivity contribution < 1.29 is 4.74 Å². The van der Waals surface area contributed by atoms with E-state index in [0.717, 1.165) is 68.8 Å². The Kier molecular flexibility index (Phi) is 6.16. The molecule has 2 atom stereocenters. The van der Waals surface area contributed by atoms with E-state index in [-0.39, 0.29) is 12.2 Å². The smallest absolute Gasteiger partial charge is 0.101 e. The van der Waals surface area contributed by atoms with Gasteiger partial charge in [-0.3, -0.25) is 19.5 Å². The fourth-order valence-corrected chi connectivity index (χ4v) is 5.99. The molecule has 0 saturated carbocycles. The lowest BCUT2D eigenvalue weighted by Gasteiger charge is -2.44. The average molecular weight is 486 g/mol. The van der Waals surface area contributed by atoms with Gasteiger partial charge in [0.1, 0.15) is 6.07 Å². The van der Waals surface area contributed by atoms with Crippen molar-refractivity contribution in [3.8, 4) is 6.07 Å². The summed E-state index contributed by atoms with van der Waals surface area (Å²) in [6, 6.07) is 11.3. The Morgan fingerprint density at radius 1 is 1.17 bits per heavy atom. The third kappa shape index (κ3) is 4.36. The van der Waals surface area contributed by atoms with E-state index in [9.17, 15) is 5.26 Å². The number of morpholine rings is 1. The summed E-state index contributed by atoms with van der Waals surface area (Å²) in [5.74, 6) is 0. The molecule has 36 heavy (non-hydrogen) atoms. The Morgan fingerprint density at radius 3 is 2.83 bits per heavy atom. The minimum absolute atomic E-state index is 0.141. The second kappa shape index (κ2) is 9.47. The normalized spacial score (nSPS) is 23.6. The zero-order chi connectivity index (χ0) is 24.8. The molecule has 5 heterocycles. The van der Waals surface area contributed by atoms with E-state index in [2.05, 4.69) is 69.5 Å². The zero-order valence-corrected chi connectivity index (χ0v) is 21.5. The van der Waals surface area contributed by atoms with Crippen LogP contribution in [0.25, 0.3) is 10.9 Å². The molecule has 1 aromatic carbocycles. The standard InChI is InChI=1S/C28H35N7O/c1-19(2)33-10-8-22-13-35(31-26(22)18-33)23-14-32(15-23)16-24-17-34(12-20(3)36-24)27-7-6-21(11-29)28-25(27)5-4-9-30-28/h4-7,9,13,19-20,23-24H,8,10,12,14-18H2,1-3H3. The summed E-state index contributed by atoms with van der Waals surface area (Å²) in [6.45, 7) is 13.4. The lowest BCUT2D eigenvalue weighted by atomic mass is 10.0. The van der Waals surface area contributed by atoms with Crippen LogP contribution in [0.4, 0.5) is 5.69 Å². The van der Waals surface area contributed by atoms with Crippen LogP contribution in [0.1, 0.15) is 43.6 Å². The first-order chi connectivity index (χ1) is 17.5. The highest BCUT2D eigenvalue weighted by Crippen LogP contribution is 2.31. The van der Waals surface area contributed by atoms with Gasteiger partial charge in [0.05, 0.1) is 35.0 Å². The quantitative estimate of drug-likeness (QED) is 0.549. The van der Waals surface area contributed by atoms with Crippen LogP contribution in [0.2, 0.25) is 0 Å². The summed E-state index contributed by atoms with van der Waals surface area (Å²) in [4.78, 5) is 11.9. The molecule has 0 amide bonds. The minimum Gasteiger partial charge on any atom is -0.370 e. The number of nitriles is 1. The van der Waals surface area contributed by atoms with Gasteiger partial charge in [-0.1, -0.05) is 0 Å². The second-order valence-electron chi connectivity index (χ2n) is 10.9. The fourth-order valence-electron chi connectivity index (χ4n) is 5.99. The molecule has 0 bridgehead atoms. The number of nitrogens with zero attached hydrogens (tertiary/aromatic N) is 7. The Bertz CT molecular complexity index is 1290. The first kappa shape index (κ1) is 23.4. The monoisotopic (exact) mass is 485 g/mol. The Hall–Kier alpha value is -2.99. The molecule has 2 saturated heterocycles. The number of ether oxygens (including phenoxy) is 1. The van der Waals surface area contributed by atoms with Gasteiger partial charge >= 0.3 is 0 Å². The van der Waals surface area contributed by atoms with Crippen molar-refractivity contribution >= 4 is 16.6 Å². The van der Waals surface area contributed by atoms with E-state index in [1.54, 1.807) is 6.20 Å². The average Bonchev–Trinajstić information content (AvgIpc) is 3.27. The molecule has 0 spiro atoms. The lowest BCUT2D eigenvalue weighted by Crippen LogP contribution is -2.56. The fraction of sp³-hybridized carbons (Fsp3) is 0.536. The van der Waals surface area contributed by atoms with Crippen molar-refractivity contribution in [2.45, 2.75) is 58.0 Å². The maximum Gasteiger partial charge on any atom is 0.101 e. The van der Waals surface area contributed by atoms with Gasteiger partial charge < -0.3 is 9.64 Å². The van der Waals surface area contributed by atoms with Crippen molar-refractivity contribution in [3.05, 3.63) is 53.5 Å². The molecule has 0 N–H and O–H groups in total. The Balaban J connectivity index is 1.10. The van der Waals surface area contributed by atoms with Crippen molar-refractivity contribution in [2.75, 3.05) is 44.2 Å². The lowest BCUT2D eigenvalue weighted by molar-refractivity contribution is -0.0489. The maximum atomic E-state index is 9.50. The van der Waals surface area contributed by atoms with E-state index >= 15 is 0 Å². The molecule has 8 heteroatoms. The summed E-state index contributed by atoms with van der Waals surface area (Å²) in [5, 5.41) is 15.5. The predicted molar refractivity (Wildman–Crippen MR) is 140 cm³/mol. The van der Waals surface area contributed by atoms with Gasteiger partial charge in [-0.05, 0) is 57.0 Å². The first-order valence-electron chi connectivity index (χ1n) is 13.2. The molecule has 2 fully saturated rings. The first-order valence-corrected chi connectivity index (χ1v) is 13.2. The van der Waals surface area contributed by atoms with Crippen molar-refractivity contribution in [3.63, 3.8) is 0 Å². The number of pyridine rings is 1. The molecule has 3 aliphatic heterocycles. The van der Waals surface area contributed by atoms with Crippen LogP contribution in [0, 0.1) is 11.3 Å². The number of likely N-dealkylation sites (tertiary alicyclic amines) is 1. The number of rotatable bonds is 5. The van der Waals surface area contributed by atoms with Gasteiger partial charge in [0, 0.05) is 75.3 Å². The van der Waals surface area contributed by atoms with E-state index in [0.29, 0.717) is 17.6 Å². The summed E-state index contributed by atoms with van der Waals surface area (Å²) >= 11 is 0. The number of hydrogen-bond acceptors (Lipinski definition) is 7. The molecule has 2 unspecified atom stereocenters. The molecule has 8 nitrogen and oxygen atoms in total. The third-order valence-corrected chi connectivity index (χ3v) is 7.95. The number of aromatic nitrogens is 3. The molecule has 0 radical (unpaired) electrons. The van der Waals surface area contributed by atoms with Gasteiger partial charge in [-0.15, -0.1) is 0 Å². The summed E-state index contributed by atoms with van der Waals surface area (Å²) in [5.41, 5.74) is 5.22. The molecule has 188 valence electrons. The predicted octanol–water partition coefficient (Wildman–Crippen LogP) is 3.22. The minimum atomic E-state index is 0.141. The van der Waals surface area contributed by atoms with Crippen LogP contribution in [-0.4, -0.2) is 82.1 Å². The zero-order valence-electron chi connectivity index (χ0n) is 21.5. The van der Waals surface area contributed by atoms with Crippen LogP contribution in [0.15, 0.2) is 36.7 Å². The van der Waals surface area contributed by atoms with E-state index in [1.807, 2.05) is 12.1 Å². The number of fused-ring (bicyclic) bond motifs is 2. The van der Waals surface area contributed by atoms with Gasteiger partial charge in [-0.25, -0.2) is 0 Å². The third-order valence-electron chi connectivity index (χ3n) is 7.95. The molecule has 2 aromatic heterocycles. The van der Waals surface area contributed by atoms with E-state index < -0.39 is 0 Å². The maximum absolute atomic E-state index is 9.50. The highest BCUT2D eigenvalue weighted by molar-refractivity contribution is 5.95. The second-order valence-corrected chi connectivity index (χ2v) is 10.9. The number of hydrogen-bond donors (Lipinski definition) is 0. The van der Waals surface area contributed by atoms with E-state index in [1.165, 1.54) is 11.3 Å². The largest absolute Gasteiger partial charge is 0.370 e. The van der Waals surface area contributed by atoms with Gasteiger partial charge in [0.15, 0.2) is 0 Å². The summed E-state index contributed by atoms with van der Waals surface area (Å²) in [6.07, 6.45) is 5.44. The molecule has 3 aliphatic rings. The molecular weight excluding hydrogens is 450 g/mol. The van der Waals surface area contributed by atoms with Crippen LogP contribution < -0.4 is 4.90 Å². The van der Waals surface area contributed by atoms with Crippen molar-refractivity contribution in [1.82, 2.24) is 24.6 Å². The Labute approximate surface area is 213 Å². The van der Waals surface area contributed by atoms with Crippen LogP contribution in [-0.2, 0) is 17.7 Å². The number of benzene rings is 1. The summed E-state index contributed by atoms with van der Waals surface area (Å²) in [7, 11) is 0. The van der Waals surface area contributed by atoms with Crippen LogP contribution in [0.3, 0.4) is 0 Å². The number of anilines is 1. The van der Waals surface area contributed by atoms with Crippen LogP contribution >= 0.6 is 0 Å². The van der Waals surface area contributed by atoms with Gasteiger partial charge in [-0.2, -0.15) is 10.4 Å². The SMILES string of the molecule is CC1CN(c2ccc(C#N)c3ncccc23)CC(CN2CC(n3cc4c(n3)CN(C(C)C)CC4)C2)O1. The topological polar surface area (TPSA) is 73.5 Å². The highest BCUT2D eigenvalue weighted by atomic mass is 16.5. The molecule has 3 aromatic rings.